The summed E-state index contributed by atoms with van der Waals surface area (Å²) in [4.78, 5) is 8.16. The van der Waals surface area contributed by atoms with Crippen LogP contribution in [0.25, 0.3) is 0 Å². The fourth-order valence-electron chi connectivity index (χ4n) is 0.979. The smallest absolute Gasteiger partial charge is 0.203 e. The van der Waals surface area contributed by atoms with Crippen molar-refractivity contribution in [2.75, 3.05) is 5.48 Å². The number of hydrogen-bond acceptors (Lipinski definition) is 4. The Morgan fingerprint density at radius 3 is 3.00 bits per heavy atom. The molecule has 1 aromatic carbocycles. The van der Waals surface area contributed by atoms with Crippen molar-refractivity contribution in [3.63, 3.8) is 0 Å². The highest BCUT2D eigenvalue weighted by atomic mass is 17.1. The van der Waals surface area contributed by atoms with E-state index in [1.165, 1.54) is 5.56 Å². The number of nitrogens with one attached hydrogen (secondary N) is 1. The van der Waals surface area contributed by atoms with E-state index in [0.29, 0.717) is 0 Å². The molecule has 14 heavy (non-hydrogen) atoms. The van der Waals surface area contributed by atoms with Gasteiger partial charge in [0.05, 0.1) is 5.69 Å². The molecule has 0 saturated heterocycles. The van der Waals surface area contributed by atoms with E-state index < -0.39 is 0 Å². The van der Waals surface area contributed by atoms with Crippen molar-refractivity contribution in [1.82, 2.24) is 0 Å². The number of hydrogen-bond donors (Lipinski definition) is 2. The second-order valence-corrected chi connectivity index (χ2v) is 2.55. The molecular formula is C10H11NO3. The summed E-state index contributed by atoms with van der Waals surface area (Å²) in [5.74, 6) is 0. The molecule has 0 heterocycles. The van der Waals surface area contributed by atoms with Crippen molar-refractivity contribution in [3.8, 4) is 12.2 Å². The Morgan fingerprint density at radius 2 is 2.29 bits per heavy atom. The van der Waals surface area contributed by atoms with Crippen LogP contribution in [0.15, 0.2) is 24.3 Å². The maximum Gasteiger partial charge on any atom is 0.203 e. The average molecular weight is 193 g/mol. The van der Waals surface area contributed by atoms with Gasteiger partial charge in [0.1, 0.15) is 0 Å². The minimum Gasteiger partial charge on any atom is -0.325 e. The average Bonchev–Trinajstić information content (AvgIpc) is 2.25. The Kier molecular flexibility index (Phi) is 4.18. The first kappa shape index (κ1) is 10.2. The van der Waals surface area contributed by atoms with Crippen LogP contribution < -0.4 is 5.48 Å². The maximum atomic E-state index is 7.86. The highest BCUT2D eigenvalue weighted by Gasteiger charge is 1.92. The van der Waals surface area contributed by atoms with Crippen molar-refractivity contribution in [2.24, 2.45) is 0 Å². The van der Waals surface area contributed by atoms with Crippen LogP contribution in [0.4, 0.5) is 5.69 Å². The molecule has 0 aromatic heterocycles. The van der Waals surface area contributed by atoms with Crippen molar-refractivity contribution < 1.29 is 15.0 Å². The number of aryl methyl sites for hydroxylation is 1. The molecule has 4 nitrogen and oxygen atoms in total. The van der Waals surface area contributed by atoms with Crippen molar-refractivity contribution in [1.29, 1.82) is 0 Å². The van der Waals surface area contributed by atoms with Gasteiger partial charge in [-0.3, -0.25) is 4.89 Å². The van der Waals surface area contributed by atoms with Gasteiger partial charge < -0.3 is 4.84 Å². The number of rotatable bonds is 3. The van der Waals surface area contributed by atoms with Crippen LogP contribution in [0.2, 0.25) is 0 Å². The molecule has 0 aliphatic carbocycles. The van der Waals surface area contributed by atoms with E-state index in [1.54, 1.807) is 0 Å². The third-order valence-electron chi connectivity index (χ3n) is 1.64. The predicted molar refractivity (Wildman–Crippen MR) is 52.0 cm³/mol. The lowest BCUT2D eigenvalue weighted by atomic mass is 10.1. The molecule has 0 unspecified atom stereocenters. The molecule has 0 fully saturated rings. The molecule has 0 saturated carbocycles. The molecule has 0 radical (unpaired) electrons. The van der Waals surface area contributed by atoms with Crippen LogP contribution >= 0.6 is 0 Å². The van der Waals surface area contributed by atoms with Crippen molar-refractivity contribution in [3.05, 3.63) is 29.8 Å². The summed E-state index contributed by atoms with van der Waals surface area (Å²) in [6.07, 6.45) is 4.91. The SMILES string of the molecule is CCc1cccc(NOC#COO)c1. The van der Waals surface area contributed by atoms with E-state index in [-0.39, 0.29) is 0 Å². The molecule has 1 aromatic rings. The summed E-state index contributed by atoms with van der Waals surface area (Å²) in [5, 5.41) is 7.86. The highest BCUT2D eigenvalue weighted by molar-refractivity contribution is 5.44. The molecule has 0 atom stereocenters. The monoisotopic (exact) mass is 193 g/mol. The van der Waals surface area contributed by atoms with Crippen LogP contribution in [0.1, 0.15) is 12.5 Å². The van der Waals surface area contributed by atoms with Crippen LogP contribution in [0.3, 0.4) is 0 Å². The molecular weight excluding hydrogens is 182 g/mol. The predicted octanol–water partition coefficient (Wildman–Crippen LogP) is 2.00. The Hall–Kier alpha value is -1.86. The van der Waals surface area contributed by atoms with Gasteiger partial charge in [-0.1, -0.05) is 19.1 Å². The minimum atomic E-state index is 0.802. The zero-order chi connectivity index (χ0) is 10.2. The first-order valence-corrected chi connectivity index (χ1v) is 4.18. The van der Waals surface area contributed by atoms with Gasteiger partial charge in [-0.05, 0) is 24.1 Å². The molecule has 0 bridgehead atoms. The van der Waals surface area contributed by atoms with Crippen LogP contribution in [-0.2, 0) is 16.1 Å². The maximum absolute atomic E-state index is 7.86. The van der Waals surface area contributed by atoms with E-state index in [9.17, 15) is 0 Å². The number of benzene rings is 1. The lowest BCUT2D eigenvalue weighted by Crippen LogP contribution is -1.95. The van der Waals surface area contributed by atoms with Gasteiger partial charge in [0.25, 0.3) is 0 Å². The largest absolute Gasteiger partial charge is 0.325 e. The van der Waals surface area contributed by atoms with E-state index in [1.807, 2.05) is 30.4 Å². The van der Waals surface area contributed by atoms with Gasteiger partial charge in [-0.15, -0.1) is 0 Å². The normalized spacial score (nSPS) is 8.43. The summed E-state index contributed by atoms with van der Waals surface area (Å²) in [6.45, 7) is 2.07. The lowest BCUT2D eigenvalue weighted by molar-refractivity contribution is -0.172. The second-order valence-electron chi connectivity index (χ2n) is 2.55. The Balaban J connectivity index is 2.50. The van der Waals surface area contributed by atoms with Crippen molar-refractivity contribution >= 4 is 5.69 Å². The van der Waals surface area contributed by atoms with E-state index >= 15 is 0 Å². The first-order valence-electron chi connectivity index (χ1n) is 4.18. The summed E-state index contributed by atoms with van der Waals surface area (Å²) in [7, 11) is 0. The fourth-order valence-corrected chi connectivity index (χ4v) is 0.979. The molecule has 74 valence electrons. The van der Waals surface area contributed by atoms with Gasteiger partial charge in [0.15, 0.2) is 6.11 Å². The molecule has 0 aliphatic rings. The van der Waals surface area contributed by atoms with Gasteiger partial charge in [-0.25, -0.2) is 5.48 Å². The molecule has 1 rings (SSSR count). The van der Waals surface area contributed by atoms with Crippen LogP contribution in [-0.4, -0.2) is 5.26 Å². The Morgan fingerprint density at radius 1 is 1.43 bits per heavy atom. The van der Waals surface area contributed by atoms with Crippen LogP contribution in [0, 0.1) is 12.2 Å². The molecule has 2 N–H and O–H groups in total. The zero-order valence-electron chi connectivity index (χ0n) is 7.78. The standard InChI is InChI=1S/C10H11NO3/c1-2-9-4-3-5-10(8-9)11-13-6-7-14-12/h3-5,8,11-12H,2H2,1H3. The molecule has 4 heteroatoms. The Labute approximate surface area is 82.3 Å². The summed E-state index contributed by atoms with van der Waals surface area (Å²) < 4.78 is 0. The zero-order valence-corrected chi connectivity index (χ0v) is 7.78. The van der Waals surface area contributed by atoms with Crippen molar-refractivity contribution in [2.45, 2.75) is 13.3 Å². The number of anilines is 1. The third kappa shape index (κ3) is 3.25. The van der Waals surface area contributed by atoms with Gasteiger partial charge in [-0.2, -0.15) is 5.26 Å². The van der Waals surface area contributed by atoms with E-state index in [0.717, 1.165) is 12.1 Å². The second kappa shape index (κ2) is 5.73. The van der Waals surface area contributed by atoms with Gasteiger partial charge >= 0.3 is 0 Å². The van der Waals surface area contributed by atoms with Gasteiger partial charge in [0, 0.05) is 0 Å². The van der Waals surface area contributed by atoms with Gasteiger partial charge in [0.2, 0.25) is 6.11 Å². The Bertz CT molecular complexity index is 341. The summed E-state index contributed by atoms with van der Waals surface area (Å²) >= 11 is 0. The first-order chi connectivity index (χ1) is 6.86. The lowest BCUT2D eigenvalue weighted by Gasteiger charge is -2.03. The third-order valence-corrected chi connectivity index (χ3v) is 1.64. The van der Waals surface area contributed by atoms with E-state index in [4.69, 9.17) is 5.26 Å². The summed E-state index contributed by atoms with van der Waals surface area (Å²) in [6, 6.07) is 7.73. The summed E-state index contributed by atoms with van der Waals surface area (Å²) in [5.41, 5.74) is 4.59. The molecule has 0 aliphatic heterocycles. The molecule has 0 spiro atoms. The highest BCUT2D eigenvalue weighted by Crippen LogP contribution is 2.10. The minimum absolute atomic E-state index is 0.802. The fraction of sp³-hybridized carbons (Fsp3) is 0.200. The molecule has 0 amide bonds. The quantitative estimate of drug-likeness (QED) is 0.438. The van der Waals surface area contributed by atoms with E-state index in [2.05, 4.69) is 28.2 Å². The topological polar surface area (TPSA) is 50.7 Å². The van der Waals surface area contributed by atoms with Crippen LogP contribution in [0.5, 0.6) is 0 Å².